The summed E-state index contributed by atoms with van der Waals surface area (Å²) in [4.78, 5) is 15.1. The van der Waals surface area contributed by atoms with Crippen LogP contribution in [0.25, 0.3) is 0 Å². The highest BCUT2D eigenvalue weighted by Crippen LogP contribution is 2.20. The van der Waals surface area contributed by atoms with E-state index in [0.717, 1.165) is 30.8 Å². The normalized spacial score (nSPS) is 20.5. The van der Waals surface area contributed by atoms with Crippen LogP contribution < -0.4 is 5.32 Å². The van der Waals surface area contributed by atoms with Crippen molar-refractivity contribution in [1.29, 1.82) is 0 Å². The second kappa shape index (κ2) is 6.30. The highest BCUT2D eigenvalue weighted by atomic mass is 32.2. The van der Waals surface area contributed by atoms with E-state index in [2.05, 4.69) is 5.32 Å². The maximum Gasteiger partial charge on any atom is 0.254 e. The van der Waals surface area contributed by atoms with E-state index in [9.17, 15) is 9.00 Å². The molecule has 1 aliphatic heterocycles. The van der Waals surface area contributed by atoms with E-state index >= 15 is 0 Å². The molecule has 2 atom stereocenters. The fourth-order valence-electron chi connectivity index (χ4n) is 2.51. The number of hydrogen-bond donors (Lipinski definition) is 1. The molecule has 1 aromatic carbocycles. The fraction of sp³-hybridized carbons (Fsp3) is 0.500. The molecule has 0 radical (unpaired) electrons. The molecule has 0 spiro atoms. The molecule has 0 unspecified atom stereocenters. The van der Waals surface area contributed by atoms with Crippen LogP contribution in [0.3, 0.4) is 0 Å². The molecule has 1 heterocycles. The van der Waals surface area contributed by atoms with Crippen LogP contribution in [0.2, 0.25) is 0 Å². The Morgan fingerprint density at radius 2 is 2.11 bits per heavy atom. The van der Waals surface area contributed by atoms with Crippen LogP contribution in [0.5, 0.6) is 0 Å². The molecule has 1 aliphatic rings. The summed E-state index contributed by atoms with van der Waals surface area (Å²) in [5, 5.41) is 3.14. The first kappa shape index (κ1) is 14.2. The first-order chi connectivity index (χ1) is 9.13. The van der Waals surface area contributed by atoms with Gasteiger partial charge in [0.2, 0.25) is 0 Å². The van der Waals surface area contributed by atoms with E-state index in [-0.39, 0.29) is 11.9 Å². The molecule has 1 saturated heterocycles. The molecular weight excluding hydrogens is 260 g/mol. The van der Waals surface area contributed by atoms with Gasteiger partial charge in [-0.1, -0.05) is 0 Å². The first-order valence-corrected chi connectivity index (χ1v) is 8.08. The Bertz CT molecular complexity index is 473. The van der Waals surface area contributed by atoms with Crippen LogP contribution in [0.4, 0.5) is 0 Å². The Morgan fingerprint density at radius 1 is 1.42 bits per heavy atom. The average Bonchev–Trinajstić information content (AvgIpc) is 2.87. The summed E-state index contributed by atoms with van der Waals surface area (Å²) in [7, 11) is 0.912. The predicted octanol–water partition coefficient (Wildman–Crippen LogP) is 1.25. The number of hydrogen-bond acceptors (Lipinski definition) is 3. The van der Waals surface area contributed by atoms with Crippen molar-refractivity contribution < 1.29 is 9.00 Å². The molecule has 4 nitrogen and oxygen atoms in total. The van der Waals surface area contributed by atoms with E-state index in [1.807, 2.05) is 11.9 Å². The summed E-state index contributed by atoms with van der Waals surface area (Å²) >= 11 is 0. The second-order valence-corrected chi connectivity index (χ2v) is 6.21. The number of benzene rings is 1. The van der Waals surface area contributed by atoms with E-state index in [0.29, 0.717) is 5.56 Å². The minimum atomic E-state index is -0.997. The van der Waals surface area contributed by atoms with Crippen LogP contribution >= 0.6 is 0 Å². The Hall–Kier alpha value is -1.20. The Morgan fingerprint density at radius 3 is 2.68 bits per heavy atom. The summed E-state index contributed by atoms with van der Waals surface area (Å²) < 4.78 is 11.3. The number of nitrogens with zero attached hydrogens (tertiary/aromatic N) is 1. The summed E-state index contributed by atoms with van der Waals surface area (Å²) in [6, 6.07) is 7.37. The summed E-state index contributed by atoms with van der Waals surface area (Å²) in [5.41, 5.74) is 0.678. The third-order valence-corrected chi connectivity index (χ3v) is 4.45. The second-order valence-electron chi connectivity index (χ2n) is 4.83. The number of rotatable bonds is 4. The Labute approximate surface area is 116 Å². The minimum absolute atomic E-state index is 0.0752. The molecule has 1 amide bonds. The molecular formula is C14H20N2O2S. The molecule has 2 rings (SSSR count). The van der Waals surface area contributed by atoms with Gasteiger partial charge < -0.3 is 10.2 Å². The number of nitrogens with one attached hydrogen (secondary N) is 1. The Balaban J connectivity index is 2.12. The molecule has 5 heteroatoms. The van der Waals surface area contributed by atoms with Crippen molar-refractivity contribution in [2.75, 3.05) is 26.4 Å². The van der Waals surface area contributed by atoms with Crippen LogP contribution in [-0.2, 0) is 10.8 Å². The van der Waals surface area contributed by atoms with Crippen molar-refractivity contribution in [2.24, 2.45) is 0 Å². The van der Waals surface area contributed by atoms with Gasteiger partial charge in [-0.3, -0.25) is 9.00 Å². The van der Waals surface area contributed by atoms with Crippen molar-refractivity contribution in [3.8, 4) is 0 Å². The highest BCUT2D eigenvalue weighted by molar-refractivity contribution is 7.84. The van der Waals surface area contributed by atoms with Gasteiger partial charge in [0.05, 0.1) is 0 Å². The lowest BCUT2D eigenvalue weighted by atomic mass is 10.1. The van der Waals surface area contributed by atoms with Gasteiger partial charge in [0.1, 0.15) is 0 Å². The minimum Gasteiger partial charge on any atom is -0.334 e. The quantitative estimate of drug-likeness (QED) is 0.903. The lowest BCUT2D eigenvalue weighted by Gasteiger charge is -2.24. The predicted molar refractivity (Wildman–Crippen MR) is 76.8 cm³/mol. The number of likely N-dealkylation sites (tertiary alicyclic amines) is 1. The van der Waals surface area contributed by atoms with Gasteiger partial charge in [0.25, 0.3) is 5.91 Å². The van der Waals surface area contributed by atoms with E-state index in [4.69, 9.17) is 0 Å². The van der Waals surface area contributed by atoms with Crippen molar-refractivity contribution in [2.45, 2.75) is 23.8 Å². The number of carbonyl (C=O) groups is 1. The number of carbonyl (C=O) groups excluding carboxylic acids is 1. The largest absolute Gasteiger partial charge is 0.334 e. The van der Waals surface area contributed by atoms with Gasteiger partial charge in [-0.2, -0.15) is 0 Å². The summed E-state index contributed by atoms with van der Waals surface area (Å²) in [6.07, 6.45) is 3.76. The maximum absolute atomic E-state index is 12.4. The standard InChI is InChI=1S/C14H20N2O2S/c1-15-10-12-4-3-9-16(12)14(17)11-5-7-13(8-6-11)19(2)18/h5-8,12,15H,3-4,9-10H2,1-2H3/t12-,19-/m1/s1. The summed E-state index contributed by atoms with van der Waals surface area (Å²) in [6.45, 7) is 1.66. The van der Waals surface area contributed by atoms with Crippen LogP contribution in [0.15, 0.2) is 29.2 Å². The van der Waals surface area contributed by atoms with Crippen molar-refractivity contribution in [3.05, 3.63) is 29.8 Å². The zero-order valence-electron chi connectivity index (χ0n) is 11.4. The number of amides is 1. The molecule has 19 heavy (non-hydrogen) atoms. The molecule has 1 N–H and O–H groups in total. The molecule has 1 aromatic rings. The highest BCUT2D eigenvalue weighted by Gasteiger charge is 2.28. The van der Waals surface area contributed by atoms with Crippen molar-refractivity contribution in [1.82, 2.24) is 10.2 Å². The molecule has 0 saturated carbocycles. The maximum atomic E-state index is 12.4. The molecule has 0 aliphatic carbocycles. The van der Waals surface area contributed by atoms with E-state index in [1.54, 1.807) is 30.5 Å². The smallest absolute Gasteiger partial charge is 0.254 e. The molecule has 1 fully saturated rings. The summed E-state index contributed by atoms with van der Waals surface area (Å²) in [5.74, 6) is 0.0752. The topological polar surface area (TPSA) is 49.4 Å². The Kier molecular flexibility index (Phi) is 4.71. The lowest BCUT2D eigenvalue weighted by Crippen LogP contribution is -2.40. The van der Waals surface area contributed by atoms with Gasteiger partial charge in [0.15, 0.2) is 0 Å². The zero-order chi connectivity index (χ0) is 13.8. The van der Waals surface area contributed by atoms with Crippen LogP contribution in [0.1, 0.15) is 23.2 Å². The van der Waals surface area contributed by atoms with Crippen LogP contribution in [0, 0.1) is 0 Å². The average molecular weight is 280 g/mol. The SMILES string of the molecule is CNC[C@H]1CCCN1C(=O)c1ccc([S@@](C)=O)cc1. The first-order valence-electron chi connectivity index (χ1n) is 6.52. The van der Waals surface area contributed by atoms with Crippen LogP contribution in [-0.4, -0.2) is 47.5 Å². The lowest BCUT2D eigenvalue weighted by molar-refractivity contribution is 0.0737. The van der Waals surface area contributed by atoms with E-state index < -0.39 is 10.8 Å². The van der Waals surface area contributed by atoms with Gasteiger partial charge >= 0.3 is 0 Å². The van der Waals surface area contributed by atoms with Gasteiger partial charge in [-0.25, -0.2) is 0 Å². The fourth-order valence-corrected chi connectivity index (χ4v) is 3.03. The van der Waals surface area contributed by atoms with E-state index in [1.165, 1.54) is 0 Å². The zero-order valence-corrected chi connectivity index (χ0v) is 12.2. The van der Waals surface area contributed by atoms with Gasteiger partial charge in [0, 0.05) is 46.6 Å². The molecule has 0 aromatic heterocycles. The van der Waals surface area contributed by atoms with Crippen molar-refractivity contribution >= 4 is 16.7 Å². The monoisotopic (exact) mass is 280 g/mol. The van der Waals surface area contributed by atoms with Crippen molar-refractivity contribution in [3.63, 3.8) is 0 Å². The van der Waals surface area contributed by atoms with Gasteiger partial charge in [-0.15, -0.1) is 0 Å². The molecule has 104 valence electrons. The molecule has 0 bridgehead atoms. The number of likely N-dealkylation sites (N-methyl/N-ethyl adjacent to an activating group) is 1. The third kappa shape index (κ3) is 3.22. The third-order valence-electron chi connectivity index (χ3n) is 3.51. The van der Waals surface area contributed by atoms with Gasteiger partial charge in [-0.05, 0) is 44.2 Å².